The average molecular weight is 513 g/mol. The molecule has 0 saturated heterocycles. The Hall–Kier alpha value is -2.81. The molecule has 1 aliphatic heterocycles. The Balaban J connectivity index is 1.64. The number of benzene rings is 3. The Kier molecular flexibility index (Phi) is 6.38. The number of alkyl halides is 1. The number of rotatable bonds is 6. The zero-order chi connectivity index (χ0) is 24.7. The van der Waals surface area contributed by atoms with Crippen molar-refractivity contribution in [2.45, 2.75) is 38.0 Å². The van der Waals surface area contributed by atoms with Gasteiger partial charge in [0.15, 0.2) is 0 Å². The average Bonchev–Trinajstić information content (AvgIpc) is 3.18. The van der Waals surface area contributed by atoms with Gasteiger partial charge in [-0.1, -0.05) is 30.3 Å². The molecule has 182 valence electrons. The maximum Gasteiger partial charge on any atom is 0.265 e. The fourth-order valence-corrected chi connectivity index (χ4v) is 7.60. The lowest BCUT2D eigenvalue weighted by atomic mass is 10.0. The molecule has 1 aliphatic rings. The highest BCUT2D eigenvalue weighted by molar-refractivity contribution is 7.93. The number of hydrogen-bond donors (Lipinski definition) is 0. The van der Waals surface area contributed by atoms with Crippen molar-refractivity contribution in [3.8, 4) is 0 Å². The van der Waals surface area contributed by atoms with Crippen molar-refractivity contribution in [3.63, 3.8) is 0 Å². The summed E-state index contributed by atoms with van der Waals surface area (Å²) in [6.45, 7) is 2.56. The molecule has 2 heterocycles. The molecule has 35 heavy (non-hydrogen) atoms. The summed E-state index contributed by atoms with van der Waals surface area (Å²) in [6.07, 6.45) is 0.882. The Morgan fingerprint density at radius 3 is 2.63 bits per heavy atom. The molecule has 3 aromatic carbocycles. The topological polar surface area (TPSA) is 40.6 Å². The maximum atomic E-state index is 14.1. The van der Waals surface area contributed by atoms with Crippen molar-refractivity contribution in [2.75, 3.05) is 17.9 Å². The van der Waals surface area contributed by atoms with E-state index < -0.39 is 22.5 Å². The van der Waals surface area contributed by atoms with Crippen molar-refractivity contribution >= 4 is 36.4 Å². The van der Waals surface area contributed by atoms with Crippen LogP contribution < -0.4 is 4.31 Å². The molecule has 4 nitrogen and oxygen atoms in total. The van der Waals surface area contributed by atoms with Gasteiger partial charge in [-0.05, 0) is 78.4 Å². The third-order valence-electron chi connectivity index (χ3n) is 6.59. The van der Waals surface area contributed by atoms with Crippen molar-refractivity contribution in [1.29, 1.82) is 0 Å². The number of anilines is 1. The van der Waals surface area contributed by atoms with Gasteiger partial charge in [-0.25, -0.2) is 17.2 Å². The Morgan fingerprint density at radius 2 is 1.86 bits per heavy atom. The Bertz CT molecular complexity index is 1520. The summed E-state index contributed by atoms with van der Waals surface area (Å²) in [5.41, 5.74) is 3.48. The molecule has 0 atom stereocenters. The molecule has 0 unspecified atom stereocenters. The lowest BCUT2D eigenvalue weighted by Crippen LogP contribution is -2.31. The normalized spacial score (nSPS) is 14.3. The van der Waals surface area contributed by atoms with Gasteiger partial charge in [0.05, 0.1) is 11.4 Å². The van der Waals surface area contributed by atoms with E-state index in [1.807, 2.05) is 44.3 Å². The molecule has 8 heteroatoms. The Labute approximate surface area is 208 Å². The molecular weight excluding hydrogens is 486 g/mol. The van der Waals surface area contributed by atoms with Gasteiger partial charge in [-0.3, -0.25) is 4.31 Å². The van der Waals surface area contributed by atoms with Crippen LogP contribution >= 0.6 is 11.3 Å². The smallest absolute Gasteiger partial charge is 0.265 e. The van der Waals surface area contributed by atoms with Crippen LogP contribution in [0.15, 0.2) is 65.6 Å². The lowest BCUT2D eigenvalue weighted by molar-refractivity contribution is 0.312. The highest BCUT2D eigenvalue weighted by Crippen LogP contribution is 2.41. The first-order valence-electron chi connectivity index (χ1n) is 11.4. The van der Waals surface area contributed by atoms with Crippen LogP contribution in [-0.2, 0) is 36.2 Å². The lowest BCUT2D eigenvalue weighted by Gasteiger charge is -2.27. The summed E-state index contributed by atoms with van der Waals surface area (Å²) < 4.78 is 57.9. The van der Waals surface area contributed by atoms with Crippen molar-refractivity contribution < 1.29 is 17.2 Å². The largest absolute Gasteiger partial charge is 0.302 e. The number of sulfonamides is 1. The highest BCUT2D eigenvalue weighted by atomic mass is 32.2. The van der Waals surface area contributed by atoms with Crippen LogP contribution in [0.2, 0.25) is 0 Å². The third kappa shape index (κ3) is 4.46. The molecular formula is C27H26F2N2O2S2. The number of nitrogens with zero attached hydrogens (tertiary/aromatic N) is 2. The molecule has 0 radical (unpaired) electrons. The van der Waals surface area contributed by atoms with E-state index >= 15 is 0 Å². The molecule has 0 bridgehead atoms. The molecule has 1 aromatic heterocycles. The SMILES string of the molecule is Cc1c(N(Cc2ccc(F)c(CF)c2)S(=O)(=O)c2ccc3c(c2)CN(C)CC3)sc2ccccc12. The van der Waals surface area contributed by atoms with Crippen LogP contribution in [0.3, 0.4) is 0 Å². The first-order chi connectivity index (χ1) is 16.8. The van der Waals surface area contributed by atoms with E-state index in [2.05, 4.69) is 4.90 Å². The van der Waals surface area contributed by atoms with Crippen LogP contribution in [0, 0.1) is 12.7 Å². The number of hydrogen-bond acceptors (Lipinski definition) is 4. The molecule has 0 fully saturated rings. The van der Waals surface area contributed by atoms with Crippen molar-refractivity contribution in [3.05, 3.63) is 94.3 Å². The predicted octanol–water partition coefficient (Wildman–Crippen LogP) is 6.20. The maximum absolute atomic E-state index is 14.1. The fraction of sp³-hybridized carbons (Fsp3) is 0.259. The summed E-state index contributed by atoms with van der Waals surface area (Å²) in [5, 5.41) is 1.59. The van der Waals surface area contributed by atoms with Crippen LogP contribution in [-0.4, -0.2) is 26.9 Å². The van der Waals surface area contributed by atoms with Crippen molar-refractivity contribution in [2.24, 2.45) is 0 Å². The monoisotopic (exact) mass is 512 g/mol. The molecule has 0 amide bonds. The first kappa shape index (κ1) is 23.9. The summed E-state index contributed by atoms with van der Waals surface area (Å²) in [7, 11) is -1.94. The minimum Gasteiger partial charge on any atom is -0.302 e. The fourth-order valence-electron chi connectivity index (χ4n) is 4.62. The molecule has 0 N–H and O–H groups in total. The first-order valence-corrected chi connectivity index (χ1v) is 13.7. The van der Waals surface area contributed by atoms with Gasteiger partial charge >= 0.3 is 0 Å². The third-order valence-corrected chi connectivity index (χ3v) is 9.75. The minimum atomic E-state index is -3.97. The van der Waals surface area contributed by atoms with Crippen molar-refractivity contribution in [1.82, 2.24) is 4.90 Å². The summed E-state index contributed by atoms with van der Waals surface area (Å²) in [5.74, 6) is -0.637. The molecule has 5 rings (SSSR count). The second-order valence-electron chi connectivity index (χ2n) is 9.02. The quantitative estimate of drug-likeness (QED) is 0.309. The highest BCUT2D eigenvalue weighted by Gasteiger charge is 2.30. The van der Waals surface area contributed by atoms with E-state index in [0.29, 0.717) is 17.1 Å². The van der Waals surface area contributed by atoms with Crippen LogP contribution in [0.1, 0.15) is 27.8 Å². The van der Waals surface area contributed by atoms with Gasteiger partial charge in [-0.15, -0.1) is 11.3 Å². The molecule has 0 aliphatic carbocycles. The van der Waals surface area contributed by atoms with Crippen LogP contribution in [0.5, 0.6) is 0 Å². The van der Waals surface area contributed by atoms with Gasteiger partial charge < -0.3 is 4.90 Å². The van der Waals surface area contributed by atoms with Gasteiger partial charge in [0.2, 0.25) is 0 Å². The summed E-state index contributed by atoms with van der Waals surface area (Å²) in [6, 6.07) is 17.3. The molecule has 4 aromatic rings. The van der Waals surface area contributed by atoms with E-state index in [-0.39, 0.29) is 17.0 Å². The number of aryl methyl sites for hydroxylation is 1. The standard InChI is InChI=1S/C27H26F2N2O2S2/c1-18-24-5-3-4-6-26(24)34-27(18)31(16-19-7-10-25(29)21(13-19)15-28)35(32,33)23-9-8-20-11-12-30(2)17-22(20)14-23/h3-10,13-14H,11-12,15-17H2,1-2H3. The summed E-state index contributed by atoms with van der Waals surface area (Å²) >= 11 is 1.41. The Morgan fingerprint density at radius 1 is 1.06 bits per heavy atom. The molecule has 0 spiro atoms. The van der Waals surface area contributed by atoms with Gasteiger partial charge in [-0.2, -0.15) is 0 Å². The number of likely N-dealkylation sites (N-methyl/N-ethyl adjacent to an activating group) is 1. The van der Waals surface area contributed by atoms with Gasteiger partial charge in [0, 0.05) is 23.4 Å². The van der Waals surface area contributed by atoms with E-state index in [4.69, 9.17) is 0 Å². The number of thiophene rings is 1. The zero-order valence-corrected chi connectivity index (χ0v) is 21.2. The zero-order valence-electron chi connectivity index (χ0n) is 19.6. The minimum absolute atomic E-state index is 0.0275. The van der Waals surface area contributed by atoms with Crippen LogP contribution in [0.25, 0.3) is 10.1 Å². The van der Waals surface area contributed by atoms with E-state index in [9.17, 15) is 17.2 Å². The second-order valence-corrected chi connectivity index (χ2v) is 11.9. The second kappa shape index (κ2) is 9.33. The summed E-state index contributed by atoms with van der Waals surface area (Å²) in [4.78, 5) is 2.39. The van der Waals surface area contributed by atoms with E-state index in [1.54, 1.807) is 12.1 Å². The molecule has 0 saturated carbocycles. The van der Waals surface area contributed by atoms with E-state index in [1.165, 1.54) is 33.8 Å². The van der Waals surface area contributed by atoms with Gasteiger partial charge in [0.1, 0.15) is 17.5 Å². The van der Waals surface area contributed by atoms with E-state index in [0.717, 1.165) is 39.7 Å². The number of halogens is 2. The van der Waals surface area contributed by atoms with Gasteiger partial charge in [0.25, 0.3) is 10.0 Å². The van der Waals surface area contributed by atoms with Crippen LogP contribution in [0.4, 0.5) is 13.8 Å². The predicted molar refractivity (Wildman–Crippen MR) is 138 cm³/mol. The number of fused-ring (bicyclic) bond motifs is 2.